The minimum atomic E-state index is -0.772. The van der Waals surface area contributed by atoms with E-state index >= 15 is 0 Å². The van der Waals surface area contributed by atoms with E-state index in [2.05, 4.69) is 0 Å². The first-order valence-electron chi connectivity index (χ1n) is 5.04. The monoisotopic (exact) mass is 222 g/mol. The Morgan fingerprint density at radius 2 is 2.12 bits per heavy atom. The number of cyclic esters (lactones) is 1. The van der Waals surface area contributed by atoms with Crippen molar-refractivity contribution in [1.82, 2.24) is 0 Å². The quantitative estimate of drug-likeness (QED) is 0.719. The summed E-state index contributed by atoms with van der Waals surface area (Å²) < 4.78 is 18.5. The molecule has 84 valence electrons. The van der Waals surface area contributed by atoms with Gasteiger partial charge in [0.1, 0.15) is 17.7 Å². The summed E-state index contributed by atoms with van der Waals surface area (Å²) in [7, 11) is 0. The lowest BCUT2D eigenvalue weighted by Gasteiger charge is -2.15. The molecule has 16 heavy (non-hydrogen) atoms. The third kappa shape index (κ3) is 1.83. The molecule has 1 aliphatic rings. The molecule has 0 spiro atoms. The zero-order chi connectivity index (χ0) is 11.7. The third-order valence-electron chi connectivity index (χ3n) is 2.74. The second-order valence-corrected chi connectivity index (χ2v) is 3.85. The van der Waals surface area contributed by atoms with Crippen LogP contribution in [0.2, 0.25) is 0 Å². The van der Waals surface area contributed by atoms with Crippen molar-refractivity contribution in [2.75, 3.05) is 0 Å². The zero-order valence-electron chi connectivity index (χ0n) is 8.77. The Kier molecular flexibility index (Phi) is 2.73. The minimum absolute atomic E-state index is 0.0360. The topological polar surface area (TPSA) is 43.4 Å². The van der Waals surface area contributed by atoms with Crippen LogP contribution in [0.15, 0.2) is 24.3 Å². The number of halogens is 1. The van der Waals surface area contributed by atoms with Crippen LogP contribution in [-0.4, -0.2) is 11.8 Å². The van der Waals surface area contributed by atoms with E-state index < -0.39 is 23.8 Å². The van der Waals surface area contributed by atoms with E-state index in [1.165, 1.54) is 19.1 Å². The number of carbonyl (C=O) groups is 2. The highest BCUT2D eigenvalue weighted by atomic mass is 19.1. The van der Waals surface area contributed by atoms with Crippen LogP contribution in [0.3, 0.4) is 0 Å². The van der Waals surface area contributed by atoms with Crippen molar-refractivity contribution in [2.45, 2.75) is 19.4 Å². The second-order valence-electron chi connectivity index (χ2n) is 3.85. The second kappa shape index (κ2) is 4.04. The van der Waals surface area contributed by atoms with E-state index in [9.17, 15) is 14.0 Å². The van der Waals surface area contributed by atoms with Gasteiger partial charge in [-0.05, 0) is 13.0 Å². The van der Waals surface area contributed by atoms with Crippen molar-refractivity contribution in [2.24, 2.45) is 5.92 Å². The Morgan fingerprint density at radius 3 is 2.75 bits per heavy atom. The van der Waals surface area contributed by atoms with Crippen LogP contribution in [0.4, 0.5) is 4.39 Å². The van der Waals surface area contributed by atoms with Crippen LogP contribution in [0, 0.1) is 11.7 Å². The average Bonchev–Trinajstić information content (AvgIpc) is 2.61. The van der Waals surface area contributed by atoms with Gasteiger partial charge in [-0.3, -0.25) is 9.59 Å². The van der Waals surface area contributed by atoms with E-state index in [4.69, 9.17) is 4.74 Å². The third-order valence-corrected chi connectivity index (χ3v) is 2.74. The number of Topliss-reactive ketones (excluding diaryl/α,β-unsaturated/α-hetero) is 1. The van der Waals surface area contributed by atoms with Gasteiger partial charge in [0.15, 0.2) is 0 Å². The van der Waals surface area contributed by atoms with Crippen LogP contribution in [0.5, 0.6) is 0 Å². The Hall–Kier alpha value is -1.71. The van der Waals surface area contributed by atoms with E-state index in [1.54, 1.807) is 12.1 Å². The standard InChI is InChI=1S/C12H11FO3/c1-7(14)9-6-11(15)16-12(9)8-4-2-3-5-10(8)13/h2-5,9,12H,6H2,1H3/t9-,12-/m0/s1. The molecule has 0 radical (unpaired) electrons. The molecule has 2 atom stereocenters. The highest BCUT2D eigenvalue weighted by Crippen LogP contribution is 2.36. The van der Waals surface area contributed by atoms with E-state index in [0.29, 0.717) is 0 Å². The number of carbonyl (C=O) groups excluding carboxylic acids is 2. The van der Waals surface area contributed by atoms with Gasteiger partial charge >= 0.3 is 5.97 Å². The summed E-state index contributed by atoms with van der Waals surface area (Å²) in [6.07, 6.45) is -0.736. The van der Waals surface area contributed by atoms with Crippen LogP contribution in [0.25, 0.3) is 0 Å². The molecule has 0 aliphatic carbocycles. The van der Waals surface area contributed by atoms with E-state index in [1.807, 2.05) is 0 Å². The first kappa shape index (κ1) is 10.8. The lowest BCUT2D eigenvalue weighted by Crippen LogP contribution is -2.16. The molecule has 0 aromatic heterocycles. The summed E-state index contributed by atoms with van der Waals surface area (Å²) in [5.41, 5.74) is 0.272. The van der Waals surface area contributed by atoms with Gasteiger partial charge in [0.25, 0.3) is 0 Å². The zero-order valence-corrected chi connectivity index (χ0v) is 8.77. The van der Waals surface area contributed by atoms with Crippen LogP contribution >= 0.6 is 0 Å². The molecule has 1 aromatic rings. The van der Waals surface area contributed by atoms with Gasteiger partial charge in [-0.2, -0.15) is 0 Å². The fourth-order valence-electron chi connectivity index (χ4n) is 1.90. The number of hydrogen-bond acceptors (Lipinski definition) is 3. The fourth-order valence-corrected chi connectivity index (χ4v) is 1.90. The Labute approximate surface area is 92.2 Å². The summed E-state index contributed by atoms with van der Waals surface area (Å²) in [5, 5.41) is 0. The lowest BCUT2D eigenvalue weighted by atomic mass is 9.92. The van der Waals surface area contributed by atoms with Crippen molar-refractivity contribution >= 4 is 11.8 Å². The molecular formula is C12H11FO3. The molecule has 0 unspecified atom stereocenters. The molecule has 0 bridgehead atoms. The van der Waals surface area contributed by atoms with Gasteiger partial charge in [0.2, 0.25) is 0 Å². The molecule has 1 saturated heterocycles. The predicted octanol–water partition coefficient (Wildman–Crippen LogP) is 2.02. The number of ether oxygens (including phenoxy) is 1. The first-order chi connectivity index (χ1) is 7.59. The maximum atomic E-state index is 13.5. The first-order valence-corrected chi connectivity index (χ1v) is 5.04. The average molecular weight is 222 g/mol. The molecule has 1 fully saturated rings. The highest BCUT2D eigenvalue weighted by Gasteiger charge is 2.39. The number of rotatable bonds is 2. The fraction of sp³-hybridized carbons (Fsp3) is 0.333. The summed E-state index contributed by atoms with van der Waals surface area (Å²) in [6.45, 7) is 1.39. The molecule has 3 nitrogen and oxygen atoms in total. The molecule has 2 rings (SSSR count). The molecule has 0 N–H and O–H groups in total. The molecule has 4 heteroatoms. The van der Waals surface area contributed by atoms with E-state index in [0.717, 1.165) is 0 Å². The van der Waals surface area contributed by atoms with Crippen LogP contribution in [-0.2, 0) is 14.3 Å². The van der Waals surface area contributed by atoms with Gasteiger partial charge in [0.05, 0.1) is 12.3 Å². The van der Waals surface area contributed by atoms with Gasteiger partial charge in [-0.15, -0.1) is 0 Å². The number of ketones is 1. The summed E-state index contributed by atoms with van der Waals surface area (Å²) in [5.74, 6) is -1.62. The molecule has 0 amide bonds. The number of esters is 1. The molecule has 1 aliphatic heterocycles. The Bertz CT molecular complexity index is 442. The summed E-state index contributed by atoms with van der Waals surface area (Å²) in [6, 6.07) is 6.04. The number of hydrogen-bond donors (Lipinski definition) is 0. The Balaban J connectivity index is 2.36. The summed E-state index contributed by atoms with van der Waals surface area (Å²) in [4.78, 5) is 22.5. The van der Waals surface area contributed by atoms with Gasteiger partial charge in [0, 0.05) is 5.56 Å². The van der Waals surface area contributed by atoms with Crippen molar-refractivity contribution in [3.8, 4) is 0 Å². The number of benzene rings is 1. The van der Waals surface area contributed by atoms with Crippen molar-refractivity contribution < 1.29 is 18.7 Å². The maximum absolute atomic E-state index is 13.5. The molecular weight excluding hydrogens is 211 g/mol. The maximum Gasteiger partial charge on any atom is 0.307 e. The normalized spacial score (nSPS) is 24.2. The van der Waals surface area contributed by atoms with Crippen molar-refractivity contribution in [3.63, 3.8) is 0 Å². The van der Waals surface area contributed by atoms with Gasteiger partial charge in [-0.25, -0.2) is 4.39 Å². The summed E-state index contributed by atoms with van der Waals surface area (Å²) >= 11 is 0. The molecule has 1 aromatic carbocycles. The molecule has 0 saturated carbocycles. The smallest absolute Gasteiger partial charge is 0.307 e. The van der Waals surface area contributed by atoms with E-state index in [-0.39, 0.29) is 17.8 Å². The van der Waals surface area contributed by atoms with Gasteiger partial charge in [-0.1, -0.05) is 18.2 Å². The van der Waals surface area contributed by atoms with Crippen LogP contribution in [0.1, 0.15) is 25.0 Å². The van der Waals surface area contributed by atoms with Crippen molar-refractivity contribution in [3.05, 3.63) is 35.6 Å². The SMILES string of the molecule is CC(=O)[C@@H]1CC(=O)O[C@H]1c1ccccc1F. The lowest BCUT2D eigenvalue weighted by molar-refractivity contribution is -0.141. The van der Waals surface area contributed by atoms with Crippen LogP contribution < -0.4 is 0 Å². The highest BCUT2D eigenvalue weighted by molar-refractivity contribution is 5.86. The predicted molar refractivity (Wildman–Crippen MR) is 54.0 cm³/mol. The Morgan fingerprint density at radius 1 is 1.44 bits per heavy atom. The van der Waals surface area contributed by atoms with Crippen molar-refractivity contribution in [1.29, 1.82) is 0 Å². The van der Waals surface area contributed by atoms with Gasteiger partial charge < -0.3 is 4.74 Å². The minimum Gasteiger partial charge on any atom is -0.457 e. The largest absolute Gasteiger partial charge is 0.457 e. The molecule has 1 heterocycles.